The van der Waals surface area contributed by atoms with E-state index in [1.54, 1.807) is 48.0 Å². The van der Waals surface area contributed by atoms with Crippen LogP contribution in [-0.4, -0.2) is 54.4 Å². The number of ether oxygens (including phenoxy) is 1. The van der Waals surface area contributed by atoms with E-state index in [0.717, 1.165) is 21.8 Å². The number of thiazole rings is 1. The van der Waals surface area contributed by atoms with Crippen LogP contribution in [0.3, 0.4) is 0 Å². The number of sulfonamides is 1. The summed E-state index contributed by atoms with van der Waals surface area (Å²) >= 11 is 3.11. The summed E-state index contributed by atoms with van der Waals surface area (Å²) in [7, 11) is -3.55. The lowest BCUT2D eigenvalue weighted by atomic mass is 10.2. The summed E-state index contributed by atoms with van der Waals surface area (Å²) in [5.41, 5.74) is 3.32. The monoisotopic (exact) mass is 525 g/mol. The lowest BCUT2D eigenvalue weighted by Gasteiger charge is -2.26. The Kier molecular flexibility index (Phi) is 7.02. The lowest BCUT2D eigenvalue weighted by molar-refractivity contribution is 0.0730. The summed E-state index contributed by atoms with van der Waals surface area (Å²) < 4.78 is 34.4. The largest absolute Gasteiger partial charge is 0.379 e. The van der Waals surface area contributed by atoms with Crippen LogP contribution >= 0.6 is 22.7 Å². The standard InChI is InChI=1S/C24H23N5O3S3/c1-18(19-4-2-10-25-16-19)27-29-22(23-5-3-15-33-23)17-34-24(29)26-20-6-8-21(9-7-20)35(30,31)28-11-13-32-14-12-28/h2-10,15-17H,11-14H2,1H3. The van der Waals surface area contributed by atoms with Crippen LogP contribution in [-0.2, 0) is 14.8 Å². The average Bonchev–Trinajstić information content (AvgIpc) is 3.56. The molecule has 1 aromatic carbocycles. The molecule has 0 amide bonds. The third kappa shape index (κ3) is 5.19. The van der Waals surface area contributed by atoms with Gasteiger partial charge in [0.2, 0.25) is 14.8 Å². The van der Waals surface area contributed by atoms with Gasteiger partial charge in [0.1, 0.15) is 0 Å². The quantitative estimate of drug-likeness (QED) is 0.353. The van der Waals surface area contributed by atoms with Gasteiger partial charge in [-0.1, -0.05) is 12.1 Å². The number of hydrogen-bond acceptors (Lipinski definition) is 8. The predicted molar refractivity (Wildman–Crippen MR) is 139 cm³/mol. The molecule has 1 fully saturated rings. The minimum Gasteiger partial charge on any atom is -0.379 e. The van der Waals surface area contributed by atoms with Crippen molar-refractivity contribution in [1.82, 2.24) is 14.0 Å². The molecule has 0 unspecified atom stereocenters. The summed E-state index contributed by atoms with van der Waals surface area (Å²) in [6.07, 6.45) is 3.51. The highest BCUT2D eigenvalue weighted by Gasteiger charge is 2.26. The number of pyridine rings is 1. The first kappa shape index (κ1) is 23.8. The third-order valence-electron chi connectivity index (χ3n) is 5.46. The molecule has 8 nitrogen and oxygen atoms in total. The molecule has 0 saturated carbocycles. The van der Waals surface area contributed by atoms with Gasteiger partial charge in [0.05, 0.1) is 40.1 Å². The number of aromatic nitrogens is 2. The van der Waals surface area contributed by atoms with Crippen LogP contribution in [0, 0.1) is 0 Å². The fourth-order valence-electron chi connectivity index (χ4n) is 3.59. The van der Waals surface area contributed by atoms with Crippen LogP contribution in [0.5, 0.6) is 0 Å². The van der Waals surface area contributed by atoms with E-state index in [-0.39, 0.29) is 4.90 Å². The highest BCUT2D eigenvalue weighted by molar-refractivity contribution is 7.89. The summed E-state index contributed by atoms with van der Waals surface area (Å²) in [4.78, 5) is 11.0. The Labute approximate surface area is 211 Å². The number of benzene rings is 1. The van der Waals surface area contributed by atoms with Gasteiger partial charge in [-0.05, 0) is 48.7 Å². The van der Waals surface area contributed by atoms with E-state index in [9.17, 15) is 8.42 Å². The number of morpholine rings is 1. The molecule has 180 valence electrons. The maximum absolute atomic E-state index is 12.9. The normalized spacial score (nSPS) is 16.0. The smallest absolute Gasteiger partial charge is 0.243 e. The zero-order valence-electron chi connectivity index (χ0n) is 18.9. The first-order valence-electron chi connectivity index (χ1n) is 11.0. The predicted octanol–water partition coefficient (Wildman–Crippen LogP) is 4.20. The van der Waals surface area contributed by atoms with Crippen molar-refractivity contribution in [3.05, 3.63) is 82.0 Å². The maximum Gasteiger partial charge on any atom is 0.243 e. The minimum absolute atomic E-state index is 0.252. The van der Waals surface area contributed by atoms with Crippen LogP contribution in [0.1, 0.15) is 12.5 Å². The lowest BCUT2D eigenvalue weighted by Crippen LogP contribution is -2.40. The van der Waals surface area contributed by atoms with E-state index in [2.05, 4.69) is 4.98 Å². The van der Waals surface area contributed by atoms with Gasteiger partial charge in [0, 0.05) is 36.4 Å². The van der Waals surface area contributed by atoms with Gasteiger partial charge in [0.25, 0.3) is 0 Å². The first-order valence-corrected chi connectivity index (χ1v) is 14.2. The molecule has 0 N–H and O–H groups in total. The van der Waals surface area contributed by atoms with Crippen LogP contribution in [0.4, 0.5) is 5.69 Å². The Bertz CT molecular complexity index is 1480. The SMILES string of the molecule is CC(=Nn1c(-c2cccs2)csc1=Nc1ccc(S(=O)(=O)N2CCOCC2)cc1)c1cccnc1. The van der Waals surface area contributed by atoms with Crippen molar-refractivity contribution in [2.75, 3.05) is 26.3 Å². The molecule has 0 aliphatic carbocycles. The molecule has 0 radical (unpaired) electrons. The summed E-state index contributed by atoms with van der Waals surface area (Å²) in [6, 6.07) is 14.5. The molecule has 4 heterocycles. The molecule has 1 saturated heterocycles. The molecule has 1 aliphatic heterocycles. The van der Waals surface area contributed by atoms with Gasteiger partial charge in [-0.15, -0.1) is 22.7 Å². The van der Waals surface area contributed by atoms with Gasteiger partial charge in [-0.3, -0.25) is 4.98 Å². The topological polar surface area (TPSA) is 89.2 Å². The Morgan fingerprint density at radius 3 is 2.54 bits per heavy atom. The summed E-state index contributed by atoms with van der Waals surface area (Å²) in [6.45, 7) is 3.50. The second-order valence-electron chi connectivity index (χ2n) is 7.74. The number of nitrogens with zero attached hydrogens (tertiary/aromatic N) is 5. The minimum atomic E-state index is -3.55. The van der Waals surface area contributed by atoms with E-state index < -0.39 is 10.0 Å². The molecule has 5 rings (SSSR count). The zero-order valence-corrected chi connectivity index (χ0v) is 21.4. The Hall–Kier alpha value is -2.96. The van der Waals surface area contributed by atoms with Crippen molar-refractivity contribution < 1.29 is 13.2 Å². The highest BCUT2D eigenvalue weighted by atomic mass is 32.2. The number of rotatable bonds is 6. The van der Waals surface area contributed by atoms with E-state index in [4.69, 9.17) is 14.8 Å². The van der Waals surface area contributed by atoms with Crippen molar-refractivity contribution in [3.8, 4) is 10.6 Å². The van der Waals surface area contributed by atoms with Crippen molar-refractivity contribution in [1.29, 1.82) is 0 Å². The van der Waals surface area contributed by atoms with Crippen molar-refractivity contribution in [3.63, 3.8) is 0 Å². The average molecular weight is 526 g/mol. The van der Waals surface area contributed by atoms with Gasteiger partial charge in [-0.2, -0.15) is 9.41 Å². The molecule has 35 heavy (non-hydrogen) atoms. The second-order valence-corrected chi connectivity index (χ2v) is 11.5. The molecule has 0 atom stereocenters. The number of hydrogen-bond donors (Lipinski definition) is 0. The van der Waals surface area contributed by atoms with E-state index in [0.29, 0.717) is 36.8 Å². The Morgan fingerprint density at radius 1 is 1.06 bits per heavy atom. The van der Waals surface area contributed by atoms with Crippen molar-refractivity contribution in [2.24, 2.45) is 10.1 Å². The molecular weight excluding hydrogens is 502 g/mol. The molecule has 0 bridgehead atoms. The molecule has 3 aromatic heterocycles. The van der Waals surface area contributed by atoms with Gasteiger partial charge in [0.15, 0.2) is 0 Å². The van der Waals surface area contributed by atoms with E-state index >= 15 is 0 Å². The van der Waals surface area contributed by atoms with Crippen LogP contribution < -0.4 is 4.80 Å². The van der Waals surface area contributed by atoms with Crippen LogP contribution in [0.15, 0.2) is 86.7 Å². The summed E-state index contributed by atoms with van der Waals surface area (Å²) in [5, 5.41) is 8.92. The second kappa shape index (κ2) is 10.3. The molecular formula is C24H23N5O3S3. The van der Waals surface area contributed by atoms with Gasteiger partial charge >= 0.3 is 0 Å². The zero-order chi connectivity index (χ0) is 24.3. The fraction of sp³-hybridized carbons (Fsp3) is 0.208. The Morgan fingerprint density at radius 2 is 1.86 bits per heavy atom. The summed E-state index contributed by atoms with van der Waals surface area (Å²) in [5.74, 6) is 0. The van der Waals surface area contributed by atoms with Crippen molar-refractivity contribution in [2.45, 2.75) is 11.8 Å². The molecule has 0 spiro atoms. The highest BCUT2D eigenvalue weighted by Crippen LogP contribution is 2.26. The fourth-order valence-corrected chi connectivity index (χ4v) is 6.64. The first-order chi connectivity index (χ1) is 17.0. The molecule has 11 heteroatoms. The third-order valence-corrected chi connectivity index (χ3v) is 9.08. The van der Waals surface area contributed by atoms with E-state index in [1.165, 1.54) is 15.6 Å². The molecule has 1 aliphatic rings. The van der Waals surface area contributed by atoms with Crippen molar-refractivity contribution >= 4 is 44.1 Å². The van der Waals surface area contributed by atoms with Gasteiger partial charge in [-0.25, -0.2) is 18.1 Å². The maximum atomic E-state index is 12.9. The van der Waals surface area contributed by atoms with Crippen LogP contribution in [0.2, 0.25) is 0 Å². The van der Waals surface area contributed by atoms with E-state index in [1.807, 2.05) is 46.6 Å². The Balaban J connectivity index is 1.52. The molecule has 4 aromatic rings. The number of thiophene rings is 1. The van der Waals surface area contributed by atoms with Gasteiger partial charge < -0.3 is 4.74 Å². The van der Waals surface area contributed by atoms with Crippen LogP contribution in [0.25, 0.3) is 10.6 Å².